The summed E-state index contributed by atoms with van der Waals surface area (Å²) in [6, 6.07) is 5.77. The van der Waals surface area contributed by atoms with Crippen molar-refractivity contribution in [3.8, 4) is 22.5 Å². The summed E-state index contributed by atoms with van der Waals surface area (Å²) in [6.45, 7) is 2.81. The summed E-state index contributed by atoms with van der Waals surface area (Å²) >= 11 is 1.06. The highest BCUT2D eigenvalue weighted by Crippen LogP contribution is 2.29. The average Bonchev–Trinajstić information content (AvgIpc) is 3.29. The molecule has 0 unspecified atom stereocenters. The van der Waals surface area contributed by atoms with E-state index in [2.05, 4.69) is 25.8 Å². The molecule has 0 bridgehead atoms. The Morgan fingerprint density at radius 2 is 2.15 bits per heavy atom. The van der Waals surface area contributed by atoms with Gasteiger partial charge in [-0.05, 0) is 30.7 Å². The SMILES string of the molecule is CCn1cc(-c2cc(NOC)cc(-c3nc(SCC(=O)O)n[nH]3)c2)cn1. The first-order valence-corrected chi connectivity index (χ1v) is 8.82. The molecule has 0 amide bonds. The van der Waals surface area contributed by atoms with Crippen LogP contribution in [0.2, 0.25) is 0 Å². The number of benzene rings is 1. The van der Waals surface area contributed by atoms with Crippen LogP contribution < -0.4 is 5.48 Å². The van der Waals surface area contributed by atoms with Crippen LogP contribution in [0, 0.1) is 0 Å². The van der Waals surface area contributed by atoms with E-state index in [1.54, 1.807) is 6.20 Å². The van der Waals surface area contributed by atoms with Crippen LogP contribution in [-0.2, 0) is 16.2 Å². The minimum absolute atomic E-state index is 0.0932. The Labute approximate surface area is 153 Å². The fraction of sp³-hybridized carbons (Fsp3) is 0.250. The van der Waals surface area contributed by atoms with Crippen LogP contribution in [0.15, 0.2) is 35.7 Å². The standard InChI is InChI=1S/C16H18N6O3S/c1-3-22-8-12(7-17-22)10-4-11(6-13(5-10)21-25-2)15-18-16(20-19-15)26-9-14(23)24/h4-8,21H,3,9H2,1-2H3,(H,23,24)(H,18,19,20). The molecule has 0 aliphatic carbocycles. The van der Waals surface area contributed by atoms with Gasteiger partial charge in [-0.15, -0.1) is 5.10 Å². The van der Waals surface area contributed by atoms with Crippen LogP contribution >= 0.6 is 11.8 Å². The van der Waals surface area contributed by atoms with Gasteiger partial charge < -0.3 is 5.11 Å². The van der Waals surface area contributed by atoms with Crippen LogP contribution in [0.4, 0.5) is 5.69 Å². The second kappa shape index (κ2) is 8.02. The highest BCUT2D eigenvalue weighted by Gasteiger charge is 2.12. The van der Waals surface area contributed by atoms with Gasteiger partial charge in [0.2, 0.25) is 5.16 Å². The van der Waals surface area contributed by atoms with E-state index < -0.39 is 5.97 Å². The van der Waals surface area contributed by atoms with Crippen LogP contribution in [0.3, 0.4) is 0 Å². The molecule has 3 aromatic rings. The predicted octanol–water partition coefficient (Wildman–Crippen LogP) is 2.51. The fourth-order valence-corrected chi connectivity index (χ4v) is 2.88. The number of carboxylic acid groups (broad SMARTS) is 1. The Balaban J connectivity index is 1.94. The van der Waals surface area contributed by atoms with Crippen LogP contribution in [0.25, 0.3) is 22.5 Å². The van der Waals surface area contributed by atoms with Crippen molar-refractivity contribution in [3.63, 3.8) is 0 Å². The number of aromatic amines is 1. The molecule has 0 saturated heterocycles. The third-order valence-corrected chi connectivity index (χ3v) is 4.34. The maximum Gasteiger partial charge on any atom is 0.313 e. The number of anilines is 1. The van der Waals surface area contributed by atoms with Crippen molar-refractivity contribution in [2.45, 2.75) is 18.6 Å². The zero-order chi connectivity index (χ0) is 18.5. The first-order valence-electron chi connectivity index (χ1n) is 7.83. The molecule has 0 radical (unpaired) electrons. The van der Waals surface area contributed by atoms with Crippen molar-refractivity contribution in [2.75, 3.05) is 18.3 Å². The zero-order valence-corrected chi connectivity index (χ0v) is 15.1. The van der Waals surface area contributed by atoms with E-state index in [1.165, 1.54) is 7.11 Å². The lowest BCUT2D eigenvalue weighted by Gasteiger charge is -2.08. The Kier molecular flexibility index (Phi) is 5.54. The largest absolute Gasteiger partial charge is 0.481 e. The zero-order valence-electron chi connectivity index (χ0n) is 14.3. The first kappa shape index (κ1) is 18.0. The normalized spacial score (nSPS) is 10.8. The Morgan fingerprint density at radius 1 is 1.35 bits per heavy atom. The molecule has 0 aliphatic rings. The second-order valence-corrected chi connectivity index (χ2v) is 6.28. The molecule has 10 heteroatoms. The maximum atomic E-state index is 10.7. The summed E-state index contributed by atoms with van der Waals surface area (Å²) in [6.07, 6.45) is 3.76. The molecular formula is C16H18N6O3S. The van der Waals surface area contributed by atoms with Crippen molar-refractivity contribution in [3.05, 3.63) is 30.6 Å². The van der Waals surface area contributed by atoms with Gasteiger partial charge in [0.05, 0.1) is 24.7 Å². The van der Waals surface area contributed by atoms with Gasteiger partial charge in [-0.2, -0.15) is 5.10 Å². The minimum atomic E-state index is -0.914. The molecule has 0 saturated carbocycles. The summed E-state index contributed by atoms with van der Waals surface area (Å²) in [5, 5.41) is 20.4. The van der Waals surface area contributed by atoms with E-state index in [4.69, 9.17) is 9.94 Å². The summed E-state index contributed by atoms with van der Waals surface area (Å²) in [5.74, 6) is -0.464. The lowest BCUT2D eigenvalue weighted by atomic mass is 10.0. The van der Waals surface area contributed by atoms with E-state index in [0.29, 0.717) is 11.0 Å². The average molecular weight is 374 g/mol. The highest BCUT2D eigenvalue weighted by atomic mass is 32.2. The maximum absolute atomic E-state index is 10.7. The number of thioether (sulfide) groups is 1. The molecule has 2 heterocycles. The van der Waals surface area contributed by atoms with Gasteiger partial charge in [0.15, 0.2) is 5.82 Å². The summed E-state index contributed by atoms with van der Waals surface area (Å²) in [4.78, 5) is 20.1. The minimum Gasteiger partial charge on any atom is -0.481 e. The van der Waals surface area contributed by atoms with Gasteiger partial charge in [0.1, 0.15) is 0 Å². The number of aryl methyl sites for hydroxylation is 1. The quantitative estimate of drug-likeness (QED) is 0.407. The summed E-state index contributed by atoms with van der Waals surface area (Å²) in [5.41, 5.74) is 6.27. The van der Waals surface area contributed by atoms with Gasteiger partial charge in [0.25, 0.3) is 0 Å². The molecule has 0 fully saturated rings. The topological polar surface area (TPSA) is 118 Å². The van der Waals surface area contributed by atoms with Gasteiger partial charge in [-0.3, -0.25) is 24.9 Å². The third-order valence-electron chi connectivity index (χ3n) is 3.51. The first-order chi connectivity index (χ1) is 12.6. The lowest BCUT2D eigenvalue weighted by molar-refractivity contribution is -0.133. The van der Waals surface area contributed by atoms with Crippen LogP contribution in [0.1, 0.15) is 6.92 Å². The molecule has 26 heavy (non-hydrogen) atoms. The number of aromatic nitrogens is 5. The molecule has 0 aliphatic heterocycles. The third kappa shape index (κ3) is 4.21. The highest BCUT2D eigenvalue weighted by molar-refractivity contribution is 7.99. The number of nitrogens with zero attached hydrogens (tertiary/aromatic N) is 4. The van der Waals surface area contributed by atoms with Gasteiger partial charge in [-0.1, -0.05) is 11.8 Å². The van der Waals surface area contributed by atoms with Crippen LogP contribution in [-0.4, -0.2) is 48.9 Å². The van der Waals surface area contributed by atoms with E-state index in [9.17, 15) is 4.79 Å². The van der Waals surface area contributed by atoms with E-state index in [1.807, 2.05) is 36.0 Å². The van der Waals surface area contributed by atoms with Gasteiger partial charge in [0, 0.05) is 23.9 Å². The molecular weight excluding hydrogens is 356 g/mol. The van der Waals surface area contributed by atoms with Crippen molar-refractivity contribution >= 4 is 23.4 Å². The summed E-state index contributed by atoms with van der Waals surface area (Å²) < 4.78 is 1.85. The molecule has 2 aromatic heterocycles. The number of aliphatic carboxylic acids is 1. The smallest absolute Gasteiger partial charge is 0.313 e. The van der Waals surface area contributed by atoms with Gasteiger partial charge >= 0.3 is 5.97 Å². The molecule has 136 valence electrons. The molecule has 9 nitrogen and oxygen atoms in total. The van der Waals surface area contributed by atoms with E-state index in [-0.39, 0.29) is 5.75 Å². The Morgan fingerprint density at radius 3 is 2.85 bits per heavy atom. The van der Waals surface area contributed by atoms with Crippen molar-refractivity contribution in [1.82, 2.24) is 25.0 Å². The predicted molar refractivity (Wildman–Crippen MR) is 97.7 cm³/mol. The molecule has 1 aromatic carbocycles. The number of hydrogen-bond donors (Lipinski definition) is 3. The molecule has 0 atom stereocenters. The Bertz CT molecular complexity index is 907. The second-order valence-electron chi connectivity index (χ2n) is 5.34. The monoisotopic (exact) mass is 374 g/mol. The van der Waals surface area contributed by atoms with E-state index in [0.717, 1.165) is 40.7 Å². The summed E-state index contributed by atoms with van der Waals surface area (Å²) in [7, 11) is 1.54. The number of nitrogens with one attached hydrogen (secondary N) is 2. The number of rotatable bonds is 8. The molecule has 0 spiro atoms. The fourth-order valence-electron chi connectivity index (χ4n) is 2.36. The molecule has 3 N–H and O–H groups in total. The molecule has 3 rings (SSSR count). The van der Waals surface area contributed by atoms with Crippen molar-refractivity contribution in [2.24, 2.45) is 0 Å². The van der Waals surface area contributed by atoms with Crippen molar-refractivity contribution < 1.29 is 14.7 Å². The van der Waals surface area contributed by atoms with Gasteiger partial charge in [-0.25, -0.2) is 4.98 Å². The lowest BCUT2D eigenvalue weighted by Crippen LogP contribution is -1.98. The van der Waals surface area contributed by atoms with Crippen LogP contribution in [0.5, 0.6) is 0 Å². The number of carbonyl (C=O) groups is 1. The Hall–Kier alpha value is -2.85. The number of hydrogen-bond acceptors (Lipinski definition) is 7. The number of carboxylic acids is 1. The van der Waals surface area contributed by atoms with Crippen molar-refractivity contribution in [1.29, 1.82) is 0 Å². The van der Waals surface area contributed by atoms with E-state index >= 15 is 0 Å². The number of H-pyrrole nitrogens is 1.